The summed E-state index contributed by atoms with van der Waals surface area (Å²) in [5.74, 6) is 1.08. The third-order valence-electron chi connectivity index (χ3n) is 2.76. The summed E-state index contributed by atoms with van der Waals surface area (Å²) in [7, 11) is 3.11. The molecule has 0 unspecified atom stereocenters. The molecular formula is C14H15NO3S. The van der Waals surface area contributed by atoms with E-state index in [1.807, 2.05) is 13.8 Å². The second-order valence-corrected chi connectivity index (χ2v) is 5.25. The van der Waals surface area contributed by atoms with Crippen LogP contribution in [0.2, 0.25) is 0 Å². The molecule has 0 saturated carbocycles. The van der Waals surface area contributed by atoms with Gasteiger partial charge in [0.15, 0.2) is 0 Å². The van der Waals surface area contributed by atoms with Gasteiger partial charge in [0.2, 0.25) is 5.78 Å². The molecule has 1 aromatic heterocycles. The first-order chi connectivity index (χ1) is 9.06. The minimum atomic E-state index is -0.0844. The monoisotopic (exact) mass is 277 g/mol. The fraction of sp³-hybridized carbons (Fsp3) is 0.286. The Morgan fingerprint density at radius 1 is 1.21 bits per heavy atom. The summed E-state index contributed by atoms with van der Waals surface area (Å²) in [6.45, 7) is 3.72. The van der Waals surface area contributed by atoms with E-state index in [1.165, 1.54) is 11.3 Å². The Kier molecular flexibility index (Phi) is 3.85. The minimum Gasteiger partial charge on any atom is -0.497 e. The molecule has 0 bridgehead atoms. The van der Waals surface area contributed by atoms with E-state index in [0.717, 1.165) is 10.7 Å². The summed E-state index contributed by atoms with van der Waals surface area (Å²) < 4.78 is 10.4. The quantitative estimate of drug-likeness (QED) is 0.806. The average Bonchev–Trinajstić information content (AvgIpc) is 2.76. The summed E-state index contributed by atoms with van der Waals surface area (Å²) >= 11 is 1.39. The molecule has 0 N–H and O–H groups in total. The number of nitrogens with zero attached hydrogens (tertiary/aromatic N) is 1. The van der Waals surface area contributed by atoms with Gasteiger partial charge >= 0.3 is 0 Å². The Balaban J connectivity index is 2.51. The summed E-state index contributed by atoms with van der Waals surface area (Å²) in [4.78, 5) is 17.5. The SMILES string of the molecule is COc1ccc(OC)c(C(=O)c2sc(C)nc2C)c1. The lowest BCUT2D eigenvalue weighted by molar-refractivity contribution is 0.103. The van der Waals surface area contributed by atoms with Gasteiger partial charge in [-0.3, -0.25) is 4.79 Å². The highest BCUT2D eigenvalue weighted by Gasteiger charge is 2.20. The van der Waals surface area contributed by atoms with Crippen molar-refractivity contribution in [1.29, 1.82) is 0 Å². The number of methoxy groups -OCH3 is 2. The van der Waals surface area contributed by atoms with Crippen LogP contribution in [-0.2, 0) is 0 Å². The maximum atomic E-state index is 12.6. The third kappa shape index (κ3) is 2.61. The Morgan fingerprint density at radius 2 is 1.95 bits per heavy atom. The van der Waals surface area contributed by atoms with Crippen molar-refractivity contribution in [3.8, 4) is 11.5 Å². The molecule has 1 heterocycles. The fourth-order valence-electron chi connectivity index (χ4n) is 1.86. The second kappa shape index (κ2) is 5.40. The second-order valence-electron chi connectivity index (χ2n) is 4.04. The summed E-state index contributed by atoms with van der Waals surface area (Å²) in [5, 5.41) is 0.878. The van der Waals surface area contributed by atoms with Crippen molar-refractivity contribution in [2.45, 2.75) is 13.8 Å². The molecular weight excluding hydrogens is 262 g/mol. The molecule has 1 aromatic carbocycles. The number of thiazole rings is 1. The van der Waals surface area contributed by atoms with Gasteiger partial charge in [-0.1, -0.05) is 0 Å². The van der Waals surface area contributed by atoms with E-state index >= 15 is 0 Å². The van der Waals surface area contributed by atoms with Gasteiger partial charge in [0.05, 0.1) is 35.4 Å². The summed E-state index contributed by atoms with van der Waals surface area (Å²) in [6.07, 6.45) is 0. The highest BCUT2D eigenvalue weighted by Crippen LogP contribution is 2.29. The van der Waals surface area contributed by atoms with Crippen LogP contribution in [0.5, 0.6) is 11.5 Å². The number of carbonyl (C=O) groups excluding carboxylic acids is 1. The maximum Gasteiger partial charge on any atom is 0.208 e. The van der Waals surface area contributed by atoms with Gasteiger partial charge in [-0.25, -0.2) is 4.98 Å². The minimum absolute atomic E-state index is 0.0844. The van der Waals surface area contributed by atoms with E-state index < -0.39 is 0 Å². The van der Waals surface area contributed by atoms with Gasteiger partial charge in [0.1, 0.15) is 11.5 Å². The van der Waals surface area contributed by atoms with Gasteiger partial charge in [0.25, 0.3) is 0 Å². The van der Waals surface area contributed by atoms with Gasteiger partial charge in [-0.15, -0.1) is 11.3 Å². The summed E-state index contributed by atoms with van der Waals surface area (Å²) in [5.41, 5.74) is 1.24. The molecule has 0 saturated heterocycles. The lowest BCUT2D eigenvalue weighted by Gasteiger charge is -2.09. The molecule has 5 heteroatoms. The van der Waals surface area contributed by atoms with Crippen LogP contribution < -0.4 is 9.47 Å². The van der Waals surface area contributed by atoms with Crippen LogP contribution in [0.15, 0.2) is 18.2 Å². The predicted octanol–water partition coefficient (Wildman–Crippen LogP) is 3.01. The lowest BCUT2D eigenvalue weighted by Crippen LogP contribution is -2.04. The molecule has 2 rings (SSSR count). The van der Waals surface area contributed by atoms with Gasteiger partial charge < -0.3 is 9.47 Å². The molecule has 2 aromatic rings. The Hall–Kier alpha value is -1.88. The molecule has 0 fully saturated rings. The van der Waals surface area contributed by atoms with Crippen molar-refractivity contribution in [1.82, 2.24) is 4.98 Å². The molecule has 0 atom stereocenters. The largest absolute Gasteiger partial charge is 0.497 e. The molecule has 0 aliphatic heterocycles. The molecule has 0 amide bonds. The van der Waals surface area contributed by atoms with Crippen LogP contribution in [-0.4, -0.2) is 25.0 Å². The number of carbonyl (C=O) groups is 1. The van der Waals surface area contributed by atoms with E-state index in [2.05, 4.69) is 4.98 Å². The number of hydrogen-bond donors (Lipinski definition) is 0. The molecule has 4 nitrogen and oxygen atoms in total. The molecule has 0 radical (unpaired) electrons. The van der Waals surface area contributed by atoms with Gasteiger partial charge in [-0.05, 0) is 32.0 Å². The van der Waals surface area contributed by atoms with E-state index in [0.29, 0.717) is 21.9 Å². The van der Waals surface area contributed by atoms with E-state index in [-0.39, 0.29) is 5.78 Å². The number of aromatic nitrogens is 1. The van der Waals surface area contributed by atoms with Crippen molar-refractivity contribution in [3.05, 3.63) is 39.3 Å². The van der Waals surface area contributed by atoms with Crippen molar-refractivity contribution in [2.24, 2.45) is 0 Å². The summed E-state index contributed by atoms with van der Waals surface area (Å²) in [6, 6.07) is 5.19. The lowest BCUT2D eigenvalue weighted by atomic mass is 10.1. The Labute approximate surface area is 116 Å². The van der Waals surface area contributed by atoms with Crippen molar-refractivity contribution in [3.63, 3.8) is 0 Å². The van der Waals surface area contributed by atoms with E-state index in [4.69, 9.17) is 9.47 Å². The zero-order valence-electron chi connectivity index (χ0n) is 11.3. The molecule has 0 aliphatic rings. The highest BCUT2D eigenvalue weighted by atomic mass is 32.1. The maximum absolute atomic E-state index is 12.6. The number of hydrogen-bond acceptors (Lipinski definition) is 5. The number of rotatable bonds is 4. The van der Waals surface area contributed by atoms with Crippen LogP contribution in [0.3, 0.4) is 0 Å². The third-order valence-corrected chi connectivity index (χ3v) is 3.83. The van der Waals surface area contributed by atoms with Crippen LogP contribution in [0.1, 0.15) is 25.9 Å². The first-order valence-electron chi connectivity index (χ1n) is 5.77. The molecule has 0 aliphatic carbocycles. The normalized spacial score (nSPS) is 10.3. The first kappa shape index (κ1) is 13.5. The van der Waals surface area contributed by atoms with Crippen LogP contribution in [0.4, 0.5) is 0 Å². The van der Waals surface area contributed by atoms with Gasteiger partial charge in [0, 0.05) is 0 Å². The zero-order valence-corrected chi connectivity index (χ0v) is 12.1. The van der Waals surface area contributed by atoms with Crippen molar-refractivity contribution >= 4 is 17.1 Å². The number of benzene rings is 1. The number of aryl methyl sites for hydroxylation is 2. The van der Waals surface area contributed by atoms with Crippen molar-refractivity contribution < 1.29 is 14.3 Å². The van der Waals surface area contributed by atoms with E-state index in [9.17, 15) is 4.79 Å². The molecule has 19 heavy (non-hydrogen) atoms. The smallest absolute Gasteiger partial charge is 0.208 e. The topological polar surface area (TPSA) is 48.4 Å². The highest BCUT2D eigenvalue weighted by molar-refractivity contribution is 7.14. The van der Waals surface area contributed by atoms with Crippen LogP contribution in [0.25, 0.3) is 0 Å². The predicted molar refractivity (Wildman–Crippen MR) is 74.6 cm³/mol. The van der Waals surface area contributed by atoms with Crippen molar-refractivity contribution in [2.75, 3.05) is 14.2 Å². The average molecular weight is 277 g/mol. The number of ether oxygens (including phenoxy) is 2. The zero-order chi connectivity index (χ0) is 14.0. The van der Waals surface area contributed by atoms with E-state index in [1.54, 1.807) is 32.4 Å². The molecule has 0 spiro atoms. The Morgan fingerprint density at radius 3 is 2.47 bits per heavy atom. The van der Waals surface area contributed by atoms with Crippen LogP contribution >= 0.6 is 11.3 Å². The van der Waals surface area contributed by atoms with Crippen LogP contribution in [0, 0.1) is 13.8 Å². The first-order valence-corrected chi connectivity index (χ1v) is 6.59. The van der Waals surface area contributed by atoms with Gasteiger partial charge in [-0.2, -0.15) is 0 Å². The Bertz CT molecular complexity index is 619. The standard InChI is InChI=1S/C14H15NO3S/c1-8-14(19-9(2)15-8)13(16)11-7-10(17-3)5-6-12(11)18-4/h5-7H,1-4H3. The number of ketones is 1. The fourth-order valence-corrected chi connectivity index (χ4v) is 2.73. The molecule has 100 valence electrons.